The zero-order chi connectivity index (χ0) is 19.3. The highest BCUT2D eigenvalue weighted by molar-refractivity contribution is 5.89. The van der Waals surface area contributed by atoms with Crippen molar-refractivity contribution >= 4 is 5.90 Å². The maximum Gasteiger partial charge on any atom is 0.217 e. The summed E-state index contributed by atoms with van der Waals surface area (Å²) in [6.45, 7) is 1.95. The second kappa shape index (κ2) is 5.81. The van der Waals surface area contributed by atoms with Crippen molar-refractivity contribution in [2.24, 2.45) is 16.7 Å². The Balaban J connectivity index is 1.99. The fourth-order valence-corrected chi connectivity index (χ4v) is 5.08. The van der Waals surface area contributed by atoms with E-state index in [9.17, 15) is 15.8 Å². The molecule has 4 rings (SSSR count). The monoisotopic (exact) mass is 360 g/mol. The smallest absolute Gasteiger partial charge is 0.217 e. The van der Waals surface area contributed by atoms with Gasteiger partial charge in [0.2, 0.25) is 17.1 Å². The second-order valence-electron chi connectivity index (χ2n) is 7.75. The first-order valence-electron chi connectivity index (χ1n) is 9.26. The van der Waals surface area contributed by atoms with Crippen LogP contribution in [0.4, 0.5) is 0 Å². The van der Waals surface area contributed by atoms with E-state index in [0.717, 1.165) is 24.8 Å². The molecule has 1 aromatic carbocycles. The highest BCUT2D eigenvalue weighted by Crippen LogP contribution is 2.68. The third kappa shape index (κ3) is 1.98. The van der Waals surface area contributed by atoms with Crippen molar-refractivity contribution < 1.29 is 9.47 Å². The van der Waals surface area contributed by atoms with E-state index < -0.39 is 28.6 Å². The molecule has 136 valence electrons. The summed E-state index contributed by atoms with van der Waals surface area (Å²) >= 11 is 0. The van der Waals surface area contributed by atoms with Gasteiger partial charge >= 0.3 is 0 Å². The lowest BCUT2D eigenvalue weighted by atomic mass is 9.52. The van der Waals surface area contributed by atoms with Crippen LogP contribution in [0.3, 0.4) is 0 Å². The van der Waals surface area contributed by atoms with Crippen LogP contribution in [0.2, 0.25) is 0 Å². The Bertz CT molecular complexity index is 905. The van der Waals surface area contributed by atoms with Gasteiger partial charge in [-0.3, -0.25) is 5.41 Å². The summed E-state index contributed by atoms with van der Waals surface area (Å²) in [6, 6.07) is 13.8. The van der Waals surface area contributed by atoms with Crippen LogP contribution in [0, 0.1) is 63.1 Å². The SMILES string of the molecule is Cc1ccc([C@@H]2O[C@@]34CCCCC[C@@H]3[C@@](C#N)(C(=N)O4)C2(C#N)C#N)cc1. The molecule has 2 bridgehead atoms. The van der Waals surface area contributed by atoms with Crippen LogP contribution in [-0.4, -0.2) is 11.7 Å². The zero-order valence-corrected chi connectivity index (χ0v) is 15.2. The number of rotatable bonds is 1. The Kier molecular flexibility index (Phi) is 3.77. The van der Waals surface area contributed by atoms with Crippen LogP contribution < -0.4 is 0 Å². The minimum Gasteiger partial charge on any atom is -0.447 e. The van der Waals surface area contributed by atoms with E-state index in [2.05, 4.69) is 18.2 Å². The highest BCUT2D eigenvalue weighted by atomic mass is 16.7. The van der Waals surface area contributed by atoms with Gasteiger partial charge in [0.15, 0.2) is 5.41 Å². The molecular formula is C21H20N4O2. The van der Waals surface area contributed by atoms with Crippen molar-refractivity contribution in [1.82, 2.24) is 0 Å². The Morgan fingerprint density at radius 2 is 1.74 bits per heavy atom. The van der Waals surface area contributed by atoms with Gasteiger partial charge in [0.1, 0.15) is 6.10 Å². The van der Waals surface area contributed by atoms with Crippen molar-refractivity contribution in [1.29, 1.82) is 21.2 Å². The Labute approximate surface area is 158 Å². The van der Waals surface area contributed by atoms with Gasteiger partial charge in [-0.15, -0.1) is 0 Å². The van der Waals surface area contributed by atoms with E-state index in [1.165, 1.54) is 0 Å². The Hall–Kier alpha value is -2.88. The molecule has 3 fully saturated rings. The average molecular weight is 360 g/mol. The molecule has 2 heterocycles. The van der Waals surface area contributed by atoms with E-state index in [0.29, 0.717) is 18.4 Å². The van der Waals surface area contributed by atoms with Crippen LogP contribution >= 0.6 is 0 Å². The normalized spacial score (nSPS) is 36.3. The van der Waals surface area contributed by atoms with E-state index in [4.69, 9.17) is 14.9 Å². The van der Waals surface area contributed by atoms with Crippen molar-refractivity contribution in [3.8, 4) is 18.2 Å². The van der Waals surface area contributed by atoms with Crippen LogP contribution in [0.5, 0.6) is 0 Å². The van der Waals surface area contributed by atoms with E-state index in [1.54, 1.807) is 0 Å². The maximum atomic E-state index is 10.2. The van der Waals surface area contributed by atoms with E-state index >= 15 is 0 Å². The van der Waals surface area contributed by atoms with Gasteiger partial charge in [-0.1, -0.05) is 42.7 Å². The molecule has 0 amide bonds. The van der Waals surface area contributed by atoms with Gasteiger partial charge in [0.25, 0.3) is 0 Å². The van der Waals surface area contributed by atoms with E-state index in [-0.39, 0.29) is 5.90 Å². The molecule has 0 spiro atoms. The number of nitriles is 3. The first-order valence-corrected chi connectivity index (χ1v) is 9.26. The summed E-state index contributed by atoms with van der Waals surface area (Å²) in [5.74, 6) is -1.91. The first-order chi connectivity index (χ1) is 13.0. The molecule has 0 aromatic heterocycles. The first kappa shape index (κ1) is 17.5. The standard InChI is InChI=1S/C21H20N4O2/c1-14-6-8-15(9-7-14)17-19(11-22,12-23)20(13-24)16-5-3-2-4-10-21(16,26-17)27-18(20)25/h6-9,16-17,25H,2-5,10H2,1H3/t16-,17+,20+,21-/m1/s1. The van der Waals surface area contributed by atoms with Gasteiger partial charge in [-0.2, -0.15) is 15.8 Å². The van der Waals surface area contributed by atoms with Crippen LogP contribution in [0.1, 0.15) is 49.3 Å². The molecule has 3 aliphatic rings. The molecule has 27 heavy (non-hydrogen) atoms. The lowest BCUT2D eigenvalue weighted by Crippen LogP contribution is -2.59. The van der Waals surface area contributed by atoms with Gasteiger partial charge in [-0.25, -0.2) is 0 Å². The number of hydrogen-bond acceptors (Lipinski definition) is 6. The predicted molar refractivity (Wildman–Crippen MR) is 94.8 cm³/mol. The molecule has 2 saturated heterocycles. The molecule has 0 radical (unpaired) electrons. The van der Waals surface area contributed by atoms with Crippen LogP contribution in [0.15, 0.2) is 24.3 Å². The summed E-state index contributed by atoms with van der Waals surface area (Å²) in [6.07, 6.45) is 2.89. The summed E-state index contributed by atoms with van der Waals surface area (Å²) in [5, 5.41) is 39.1. The van der Waals surface area contributed by atoms with Crippen LogP contribution in [0.25, 0.3) is 0 Å². The van der Waals surface area contributed by atoms with Crippen molar-refractivity contribution in [3.63, 3.8) is 0 Å². The molecule has 1 aromatic rings. The lowest BCUT2D eigenvalue weighted by Gasteiger charge is -2.49. The fourth-order valence-electron chi connectivity index (χ4n) is 5.08. The predicted octanol–water partition coefficient (Wildman–Crippen LogP) is 3.89. The summed E-state index contributed by atoms with van der Waals surface area (Å²) in [7, 11) is 0. The molecule has 6 nitrogen and oxygen atoms in total. The number of nitrogens with zero attached hydrogens (tertiary/aromatic N) is 3. The number of benzene rings is 1. The molecule has 0 unspecified atom stereocenters. The van der Waals surface area contributed by atoms with Gasteiger partial charge in [0.05, 0.1) is 24.1 Å². The van der Waals surface area contributed by atoms with Crippen molar-refractivity contribution in [2.75, 3.05) is 0 Å². The fraction of sp³-hybridized carbons (Fsp3) is 0.524. The van der Waals surface area contributed by atoms with Gasteiger partial charge in [-0.05, 0) is 25.3 Å². The molecular weight excluding hydrogens is 340 g/mol. The minimum atomic E-state index is -1.84. The quantitative estimate of drug-likeness (QED) is 0.816. The Morgan fingerprint density at radius 1 is 1.04 bits per heavy atom. The number of ether oxygens (including phenoxy) is 2. The largest absolute Gasteiger partial charge is 0.447 e. The summed E-state index contributed by atoms with van der Waals surface area (Å²) < 4.78 is 12.3. The summed E-state index contributed by atoms with van der Waals surface area (Å²) in [4.78, 5) is 0. The van der Waals surface area contributed by atoms with Crippen LogP contribution in [-0.2, 0) is 9.47 Å². The van der Waals surface area contributed by atoms with Crippen molar-refractivity contribution in [2.45, 2.75) is 50.9 Å². The highest BCUT2D eigenvalue weighted by Gasteiger charge is 2.80. The lowest BCUT2D eigenvalue weighted by molar-refractivity contribution is -0.284. The minimum absolute atomic E-state index is 0.297. The number of nitrogens with one attached hydrogen (secondary N) is 1. The number of hydrogen-bond donors (Lipinski definition) is 1. The molecule has 1 saturated carbocycles. The molecule has 1 N–H and O–H groups in total. The van der Waals surface area contributed by atoms with Crippen molar-refractivity contribution in [3.05, 3.63) is 35.4 Å². The topological polar surface area (TPSA) is 114 Å². The molecule has 6 heteroatoms. The van der Waals surface area contributed by atoms with E-state index in [1.807, 2.05) is 31.2 Å². The van der Waals surface area contributed by atoms with Gasteiger partial charge in [0, 0.05) is 6.42 Å². The third-order valence-electron chi connectivity index (χ3n) is 6.45. The molecule has 1 aliphatic carbocycles. The summed E-state index contributed by atoms with van der Waals surface area (Å²) in [5.41, 5.74) is -1.78. The number of aryl methyl sites for hydroxylation is 1. The third-order valence-corrected chi connectivity index (χ3v) is 6.45. The second-order valence-corrected chi connectivity index (χ2v) is 7.75. The maximum absolute atomic E-state index is 10.2. The molecule has 2 aliphatic heterocycles. The Morgan fingerprint density at radius 3 is 2.37 bits per heavy atom. The molecule has 4 atom stereocenters. The van der Waals surface area contributed by atoms with Gasteiger partial charge < -0.3 is 9.47 Å². The zero-order valence-electron chi connectivity index (χ0n) is 15.2. The average Bonchev–Trinajstić information content (AvgIpc) is 2.81.